The van der Waals surface area contributed by atoms with Gasteiger partial charge in [0.1, 0.15) is 0 Å². The standard InChI is InChI=1S/C10H12F6/c1-5-6-2-3-8(4-7(5)6,9(11,12)13)10(14,15)16/h5-7H,2-4H2,1H3. The number of rotatable bonds is 0. The third-order valence-corrected chi connectivity index (χ3v) is 4.33. The van der Waals surface area contributed by atoms with E-state index in [4.69, 9.17) is 0 Å². The summed E-state index contributed by atoms with van der Waals surface area (Å²) in [7, 11) is 0. The van der Waals surface area contributed by atoms with E-state index in [1.165, 1.54) is 0 Å². The maximum absolute atomic E-state index is 12.7. The van der Waals surface area contributed by atoms with Gasteiger partial charge in [-0.2, -0.15) is 26.3 Å². The number of halogens is 6. The third-order valence-electron chi connectivity index (χ3n) is 4.33. The number of hydrogen-bond acceptors (Lipinski definition) is 0. The first-order valence-electron chi connectivity index (χ1n) is 5.23. The Morgan fingerprint density at radius 2 is 1.44 bits per heavy atom. The van der Waals surface area contributed by atoms with Crippen molar-refractivity contribution >= 4 is 0 Å². The van der Waals surface area contributed by atoms with Crippen molar-refractivity contribution in [3.8, 4) is 0 Å². The van der Waals surface area contributed by atoms with Crippen LogP contribution in [-0.4, -0.2) is 12.4 Å². The Labute approximate surface area is 89.0 Å². The van der Waals surface area contributed by atoms with Crippen LogP contribution in [0.2, 0.25) is 0 Å². The fourth-order valence-electron chi connectivity index (χ4n) is 3.04. The molecule has 3 unspecified atom stereocenters. The van der Waals surface area contributed by atoms with E-state index in [2.05, 4.69) is 0 Å². The van der Waals surface area contributed by atoms with Crippen molar-refractivity contribution < 1.29 is 26.3 Å². The van der Waals surface area contributed by atoms with E-state index in [9.17, 15) is 26.3 Å². The molecule has 0 aromatic heterocycles. The molecule has 0 aromatic rings. The Hall–Kier alpha value is -0.420. The third kappa shape index (κ3) is 1.44. The van der Waals surface area contributed by atoms with Gasteiger partial charge in [0.25, 0.3) is 0 Å². The fraction of sp³-hybridized carbons (Fsp3) is 1.00. The molecule has 0 N–H and O–H groups in total. The van der Waals surface area contributed by atoms with Gasteiger partial charge in [-0.15, -0.1) is 0 Å². The van der Waals surface area contributed by atoms with Crippen molar-refractivity contribution in [3.05, 3.63) is 0 Å². The van der Waals surface area contributed by atoms with Crippen LogP contribution in [0.25, 0.3) is 0 Å². The lowest BCUT2D eigenvalue weighted by Crippen LogP contribution is -2.51. The number of hydrogen-bond donors (Lipinski definition) is 0. The van der Waals surface area contributed by atoms with E-state index >= 15 is 0 Å². The van der Waals surface area contributed by atoms with Gasteiger partial charge in [0.2, 0.25) is 0 Å². The van der Waals surface area contributed by atoms with Crippen molar-refractivity contribution in [1.82, 2.24) is 0 Å². The number of alkyl halides is 6. The molecular formula is C10H12F6. The molecule has 6 heteroatoms. The summed E-state index contributed by atoms with van der Waals surface area (Å²) >= 11 is 0. The predicted molar refractivity (Wildman–Crippen MR) is 44.5 cm³/mol. The molecule has 0 saturated heterocycles. The summed E-state index contributed by atoms with van der Waals surface area (Å²) in [5.41, 5.74) is -3.45. The predicted octanol–water partition coefficient (Wildman–Crippen LogP) is 4.16. The summed E-state index contributed by atoms with van der Waals surface area (Å²) in [6.45, 7) is 1.73. The van der Waals surface area contributed by atoms with Gasteiger partial charge in [-0.1, -0.05) is 6.92 Å². The van der Waals surface area contributed by atoms with Gasteiger partial charge >= 0.3 is 12.4 Å². The second-order valence-corrected chi connectivity index (χ2v) is 5.01. The maximum Gasteiger partial charge on any atom is 0.403 e. The van der Waals surface area contributed by atoms with Crippen LogP contribution in [0.4, 0.5) is 26.3 Å². The normalized spacial score (nSPS) is 38.1. The van der Waals surface area contributed by atoms with Gasteiger partial charge in [0.05, 0.1) is 0 Å². The van der Waals surface area contributed by atoms with Crippen LogP contribution < -0.4 is 0 Å². The molecule has 0 amide bonds. The molecule has 0 bridgehead atoms. The van der Waals surface area contributed by atoms with Crippen molar-refractivity contribution in [2.24, 2.45) is 23.2 Å². The summed E-state index contributed by atoms with van der Waals surface area (Å²) in [4.78, 5) is 0. The zero-order valence-electron chi connectivity index (χ0n) is 8.62. The van der Waals surface area contributed by atoms with Crippen LogP contribution in [0, 0.1) is 23.2 Å². The molecule has 0 heterocycles. The summed E-state index contributed by atoms with van der Waals surface area (Å²) in [6.07, 6.45) is -11.9. The molecule has 0 aromatic carbocycles. The molecule has 94 valence electrons. The molecule has 2 fully saturated rings. The van der Waals surface area contributed by atoms with Gasteiger partial charge in [-0.25, -0.2) is 0 Å². The zero-order valence-corrected chi connectivity index (χ0v) is 8.62. The highest BCUT2D eigenvalue weighted by Crippen LogP contribution is 2.67. The summed E-state index contributed by atoms with van der Waals surface area (Å²) in [5, 5.41) is 0. The minimum atomic E-state index is -5.18. The van der Waals surface area contributed by atoms with Crippen molar-refractivity contribution in [2.45, 2.75) is 38.5 Å². The van der Waals surface area contributed by atoms with E-state index in [-0.39, 0.29) is 18.3 Å². The topological polar surface area (TPSA) is 0 Å². The molecule has 0 aliphatic heterocycles. The SMILES string of the molecule is CC1C2CCC(C(F)(F)F)(C(F)(F)F)CC12. The lowest BCUT2D eigenvalue weighted by atomic mass is 9.73. The monoisotopic (exact) mass is 246 g/mol. The van der Waals surface area contributed by atoms with Gasteiger partial charge in [-0.3, -0.25) is 0 Å². The minimum absolute atomic E-state index is 0.0200. The molecule has 0 radical (unpaired) electrons. The van der Waals surface area contributed by atoms with Crippen molar-refractivity contribution in [3.63, 3.8) is 0 Å². The smallest absolute Gasteiger partial charge is 0.170 e. The first-order valence-corrected chi connectivity index (χ1v) is 5.23. The van der Waals surface area contributed by atoms with E-state index in [1.54, 1.807) is 6.92 Å². The molecule has 0 spiro atoms. The molecule has 2 rings (SSSR count). The first-order chi connectivity index (χ1) is 7.10. The van der Waals surface area contributed by atoms with Gasteiger partial charge in [0.15, 0.2) is 5.41 Å². The molecule has 2 aliphatic rings. The second-order valence-electron chi connectivity index (χ2n) is 5.01. The molecular weight excluding hydrogens is 234 g/mol. The average Bonchev–Trinajstić information content (AvgIpc) is 2.73. The minimum Gasteiger partial charge on any atom is -0.170 e. The van der Waals surface area contributed by atoms with Gasteiger partial charge in [-0.05, 0) is 37.0 Å². The Bertz CT molecular complexity index is 275. The van der Waals surface area contributed by atoms with Crippen LogP contribution in [0.3, 0.4) is 0 Å². The quantitative estimate of drug-likeness (QED) is 0.563. The Balaban J connectivity index is 2.30. The van der Waals surface area contributed by atoms with Crippen LogP contribution in [0.5, 0.6) is 0 Å². The van der Waals surface area contributed by atoms with Crippen LogP contribution >= 0.6 is 0 Å². The highest BCUT2D eigenvalue weighted by atomic mass is 19.4. The van der Waals surface area contributed by atoms with E-state index < -0.39 is 36.5 Å². The maximum atomic E-state index is 12.7. The lowest BCUT2D eigenvalue weighted by molar-refractivity contribution is -0.350. The second kappa shape index (κ2) is 3.07. The summed E-state index contributed by atoms with van der Waals surface area (Å²) in [6, 6.07) is 0. The average molecular weight is 246 g/mol. The van der Waals surface area contributed by atoms with Crippen molar-refractivity contribution in [1.29, 1.82) is 0 Å². The Morgan fingerprint density at radius 3 is 1.81 bits per heavy atom. The van der Waals surface area contributed by atoms with E-state index in [0.29, 0.717) is 0 Å². The van der Waals surface area contributed by atoms with Crippen LogP contribution in [-0.2, 0) is 0 Å². The molecule has 16 heavy (non-hydrogen) atoms. The Kier molecular flexibility index (Phi) is 2.31. The highest BCUT2D eigenvalue weighted by Gasteiger charge is 2.74. The van der Waals surface area contributed by atoms with E-state index in [1.807, 2.05) is 0 Å². The summed E-state index contributed by atoms with van der Waals surface area (Å²) in [5.74, 6) is -0.290. The number of fused-ring (bicyclic) bond motifs is 1. The fourth-order valence-corrected chi connectivity index (χ4v) is 3.04. The summed E-state index contributed by atoms with van der Waals surface area (Å²) < 4.78 is 76.1. The lowest BCUT2D eigenvalue weighted by Gasteiger charge is -2.39. The molecule has 2 saturated carbocycles. The molecule has 0 nitrogen and oxygen atoms in total. The van der Waals surface area contributed by atoms with Crippen LogP contribution in [0.1, 0.15) is 26.2 Å². The largest absolute Gasteiger partial charge is 0.403 e. The zero-order chi connectivity index (χ0) is 12.4. The van der Waals surface area contributed by atoms with Crippen LogP contribution in [0.15, 0.2) is 0 Å². The molecule has 2 aliphatic carbocycles. The van der Waals surface area contributed by atoms with Gasteiger partial charge < -0.3 is 0 Å². The van der Waals surface area contributed by atoms with E-state index in [0.717, 1.165) is 0 Å². The van der Waals surface area contributed by atoms with Crippen molar-refractivity contribution in [2.75, 3.05) is 0 Å². The Morgan fingerprint density at radius 1 is 0.938 bits per heavy atom. The highest BCUT2D eigenvalue weighted by molar-refractivity contribution is 5.07. The van der Waals surface area contributed by atoms with Gasteiger partial charge in [0, 0.05) is 0 Å². The molecule has 3 atom stereocenters. The first kappa shape index (κ1) is 12.0.